The number of hydrogen-bond acceptors (Lipinski definition) is 5. The standard InChI is InChI=1S/C24H28N4O2S/c1-16(2)25-23-27(22(15-31-23)19-9-13-21(14-10-19)28(29)30)26-17(3)18-7-11-20(12-8-18)24(4,5)6/h7-16H,1-6H3/b25-23?,26-17-. The molecule has 0 fully saturated rings. The van der Waals surface area contributed by atoms with E-state index in [-0.39, 0.29) is 17.1 Å². The number of nitro benzene ring substituents is 1. The molecule has 7 heteroatoms. The van der Waals surface area contributed by atoms with Gasteiger partial charge in [-0.25, -0.2) is 4.68 Å². The number of nitrogens with zero attached hydrogens (tertiary/aromatic N) is 4. The van der Waals surface area contributed by atoms with E-state index < -0.39 is 4.92 Å². The van der Waals surface area contributed by atoms with Gasteiger partial charge in [0.15, 0.2) is 0 Å². The van der Waals surface area contributed by atoms with Crippen molar-refractivity contribution in [2.45, 2.75) is 53.0 Å². The highest BCUT2D eigenvalue weighted by molar-refractivity contribution is 7.07. The van der Waals surface area contributed by atoms with Crippen molar-refractivity contribution in [3.63, 3.8) is 0 Å². The number of rotatable bonds is 5. The Balaban J connectivity index is 2.08. The maximum absolute atomic E-state index is 11.0. The van der Waals surface area contributed by atoms with Gasteiger partial charge in [-0.2, -0.15) is 5.10 Å². The monoisotopic (exact) mass is 436 g/mol. The summed E-state index contributed by atoms with van der Waals surface area (Å²) in [6, 6.07) is 15.1. The molecule has 31 heavy (non-hydrogen) atoms. The van der Waals surface area contributed by atoms with E-state index >= 15 is 0 Å². The molecular weight excluding hydrogens is 408 g/mol. The molecule has 3 rings (SSSR count). The van der Waals surface area contributed by atoms with Crippen LogP contribution in [0.5, 0.6) is 0 Å². The molecule has 0 aliphatic heterocycles. The molecule has 162 valence electrons. The van der Waals surface area contributed by atoms with Gasteiger partial charge in [0.25, 0.3) is 5.69 Å². The third-order valence-electron chi connectivity index (χ3n) is 4.85. The average Bonchev–Trinajstić information content (AvgIpc) is 3.09. The molecule has 0 N–H and O–H groups in total. The van der Waals surface area contributed by atoms with E-state index in [1.54, 1.807) is 12.1 Å². The van der Waals surface area contributed by atoms with Crippen LogP contribution < -0.4 is 4.80 Å². The molecule has 0 aliphatic carbocycles. The summed E-state index contributed by atoms with van der Waals surface area (Å²) in [5.41, 5.74) is 5.05. The largest absolute Gasteiger partial charge is 0.269 e. The smallest absolute Gasteiger partial charge is 0.258 e. The summed E-state index contributed by atoms with van der Waals surface area (Å²) in [5, 5.41) is 17.9. The second kappa shape index (κ2) is 8.98. The zero-order valence-corrected chi connectivity index (χ0v) is 19.6. The Morgan fingerprint density at radius 2 is 1.68 bits per heavy atom. The Morgan fingerprint density at radius 1 is 1.06 bits per heavy atom. The lowest BCUT2D eigenvalue weighted by Gasteiger charge is -2.19. The summed E-state index contributed by atoms with van der Waals surface area (Å²) in [6.45, 7) is 12.6. The van der Waals surface area contributed by atoms with Crippen molar-refractivity contribution in [2.75, 3.05) is 0 Å². The lowest BCUT2D eigenvalue weighted by Crippen LogP contribution is -2.16. The van der Waals surface area contributed by atoms with E-state index in [9.17, 15) is 10.1 Å². The highest BCUT2D eigenvalue weighted by Gasteiger charge is 2.14. The lowest BCUT2D eigenvalue weighted by atomic mass is 9.86. The van der Waals surface area contributed by atoms with Crippen molar-refractivity contribution in [1.29, 1.82) is 0 Å². The average molecular weight is 437 g/mol. The van der Waals surface area contributed by atoms with Crippen LogP contribution in [0, 0.1) is 10.1 Å². The van der Waals surface area contributed by atoms with E-state index in [0.717, 1.165) is 27.3 Å². The molecule has 0 amide bonds. The molecule has 6 nitrogen and oxygen atoms in total. The molecule has 0 radical (unpaired) electrons. The summed E-state index contributed by atoms with van der Waals surface area (Å²) in [7, 11) is 0. The second-order valence-corrected chi connectivity index (χ2v) is 9.59. The van der Waals surface area contributed by atoms with E-state index in [1.807, 2.05) is 30.8 Å². The van der Waals surface area contributed by atoms with E-state index in [1.165, 1.54) is 29.0 Å². The van der Waals surface area contributed by atoms with Crippen LogP contribution in [0.25, 0.3) is 11.3 Å². The Bertz CT molecular complexity index is 1160. The van der Waals surface area contributed by atoms with Gasteiger partial charge in [0, 0.05) is 29.1 Å². The van der Waals surface area contributed by atoms with Crippen LogP contribution >= 0.6 is 11.3 Å². The molecule has 0 saturated carbocycles. The fourth-order valence-electron chi connectivity index (χ4n) is 3.08. The van der Waals surface area contributed by atoms with Crippen LogP contribution in [-0.4, -0.2) is 21.4 Å². The predicted octanol–water partition coefficient (Wildman–Crippen LogP) is 6.00. The Hall–Kier alpha value is -3.06. The van der Waals surface area contributed by atoms with Gasteiger partial charge >= 0.3 is 0 Å². The number of non-ortho nitro benzene ring substituents is 1. The maximum atomic E-state index is 11.0. The number of nitro groups is 1. The first kappa shape index (κ1) is 22.6. The molecule has 0 saturated heterocycles. The molecule has 1 heterocycles. The number of thiazole rings is 1. The molecule has 0 aliphatic rings. The van der Waals surface area contributed by atoms with Gasteiger partial charge in [0.05, 0.1) is 16.3 Å². The van der Waals surface area contributed by atoms with E-state index in [2.05, 4.69) is 45.0 Å². The van der Waals surface area contributed by atoms with Crippen molar-refractivity contribution in [3.8, 4) is 11.3 Å². The van der Waals surface area contributed by atoms with Gasteiger partial charge in [-0.15, -0.1) is 11.3 Å². The van der Waals surface area contributed by atoms with Crippen LogP contribution in [0.4, 0.5) is 5.69 Å². The Labute approximate surface area is 186 Å². The third-order valence-corrected chi connectivity index (χ3v) is 5.68. The lowest BCUT2D eigenvalue weighted by molar-refractivity contribution is -0.384. The molecule has 0 unspecified atom stereocenters. The van der Waals surface area contributed by atoms with Crippen molar-refractivity contribution in [1.82, 2.24) is 4.68 Å². The fraction of sp³-hybridized carbons (Fsp3) is 0.333. The van der Waals surface area contributed by atoms with Gasteiger partial charge in [-0.05, 0) is 49.4 Å². The van der Waals surface area contributed by atoms with E-state index in [4.69, 9.17) is 10.1 Å². The van der Waals surface area contributed by atoms with Gasteiger partial charge in [0.2, 0.25) is 4.80 Å². The quantitative estimate of drug-likeness (QED) is 0.279. The third kappa shape index (κ3) is 5.35. The first-order chi connectivity index (χ1) is 14.6. The summed E-state index contributed by atoms with van der Waals surface area (Å²) < 4.78 is 1.83. The van der Waals surface area contributed by atoms with Gasteiger partial charge in [0.1, 0.15) is 0 Å². The van der Waals surface area contributed by atoms with Crippen LogP contribution in [0.3, 0.4) is 0 Å². The first-order valence-corrected chi connectivity index (χ1v) is 11.1. The minimum atomic E-state index is -0.394. The highest BCUT2D eigenvalue weighted by atomic mass is 32.1. The van der Waals surface area contributed by atoms with Crippen LogP contribution in [0.2, 0.25) is 0 Å². The van der Waals surface area contributed by atoms with Crippen LogP contribution in [0.15, 0.2) is 64.0 Å². The van der Waals surface area contributed by atoms with Crippen molar-refractivity contribution in [3.05, 3.63) is 80.0 Å². The number of hydrogen-bond donors (Lipinski definition) is 0. The highest BCUT2D eigenvalue weighted by Crippen LogP contribution is 2.24. The fourth-order valence-corrected chi connectivity index (χ4v) is 4.04. The number of aromatic nitrogens is 1. The molecule has 0 atom stereocenters. The summed E-state index contributed by atoms with van der Waals surface area (Å²) in [5.74, 6) is 0. The molecule has 0 bridgehead atoms. The van der Waals surface area contributed by atoms with Crippen molar-refractivity contribution >= 4 is 22.7 Å². The first-order valence-electron chi connectivity index (χ1n) is 10.2. The molecule has 0 spiro atoms. The van der Waals surface area contributed by atoms with E-state index in [0.29, 0.717) is 0 Å². The molecule has 1 aromatic heterocycles. The topological polar surface area (TPSA) is 72.8 Å². The zero-order valence-electron chi connectivity index (χ0n) is 18.8. The Kier molecular flexibility index (Phi) is 6.55. The van der Waals surface area contributed by atoms with Gasteiger partial charge < -0.3 is 0 Å². The molecular formula is C24H28N4O2S. The van der Waals surface area contributed by atoms with Gasteiger partial charge in [-0.1, -0.05) is 45.0 Å². The summed E-state index contributed by atoms with van der Waals surface area (Å²) >= 11 is 1.51. The van der Waals surface area contributed by atoms with Crippen molar-refractivity contribution in [2.24, 2.45) is 10.1 Å². The minimum absolute atomic E-state index is 0.0660. The minimum Gasteiger partial charge on any atom is -0.258 e. The van der Waals surface area contributed by atoms with Crippen LogP contribution in [-0.2, 0) is 5.41 Å². The normalized spacial score (nSPS) is 13.1. The second-order valence-electron chi connectivity index (χ2n) is 8.75. The SMILES string of the molecule is C/C(=N/n1c(-c2ccc([N+](=O)[O-])cc2)csc1=NC(C)C)c1ccc(C(C)(C)C)cc1. The van der Waals surface area contributed by atoms with Crippen LogP contribution in [0.1, 0.15) is 52.7 Å². The maximum Gasteiger partial charge on any atom is 0.269 e. The summed E-state index contributed by atoms with van der Waals surface area (Å²) in [6.07, 6.45) is 0. The van der Waals surface area contributed by atoms with Gasteiger partial charge in [-0.3, -0.25) is 15.1 Å². The predicted molar refractivity (Wildman–Crippen MR) is 128 cm³/mol. The summed E-state index contributed by atoms with van der Waals surface area (Å²) in [4.78, 5) is 16.1. The van der Waals surface area contributed by atoms with Crippen molar-refractivity contribution < 1.29 is 4.92 Å². The zero-order chi connectivity index (χ0) is 22.8. The molecule has 3 aromatic rings. The number of benzene rings is 2. The molecule has 2 aromatic carbocycles. The Morgan fingerprint density at radius 3 is 2.19 bits per heavy atom.